The van der Waals surface area contributed by atoms with Gasteiger partial charge < -0.3 is 24.8 Å². The van der Waals surface area contributed by atoms with Gasteiger partial charge >= 0.3 is 18.0 Å². The zero-order chi connectivity index (χ0) is 24.3. The van der Waals surface area contributed by atoms with Gasteiger partial charge in [0.15, 0.2) is 0 Å². The molecule has 0 saturated carbocycles. The van der Waals surface area contributed by atoms with Crippen LogP contribution in [0.2, 0.25) is 0 Å². The fourth-order valence-electron chi connectivity index (χ4n) is 4.28. The lowest BCUT2D eigenvalue weighted by Gasteiger charge is -2.26. The SMILES string of the molecule is O=C(NCC(F)(F)C(=O)N1CCOCC(C(=O)O)C1)OCC1c2ccccc2-c2ccccc21. The first-order valence-corrected chi connectivity index (χ1v) is 10.8. The number of alkyl halides is 2. The number of alkyl carbamates (subject to hydrolysis) is 1. The minimum absolute atomic E-state index is 0.0502. The van der Waals surface area contributed by atoms with Crippen LogP contribution < -0.4 is 5.32 Å². The normalized spacial score (nSPS) is 17.9. The summed E-state index contributed by atoms with van der Waals surface area (Å²) in [5.74, 6) is -8.07. The standard InChI is InChI=1S/C24H24F2N2O6/c25-24(26,22(31)28-9-10-33-12-15(11-28)21(29)30)14-27-23(32)34-13-20-18-7-3-1-5-16(18)17-6-2-4-8-19(17)20/h1-8,15,20H,9-14H2,(H,27,32)(H,29,30). The number of rotatable bonds is 6. The number of ether oxygens (including phenoxy) is 2. The molecule has 2 aromatic carbocycles. The summed E-state index contributed by atoms with van der Waals surface area (Å²) in [4.78, 5) is 36.5. The van der Waals surface area contributed by atoms with E-state index in [0.29, 0.717) is 0 Å². The Labute approximate surface area is 194 Å². The molecule has 34 heavy (non-hydrogen) atoms. The van der Waals surface area contributed by atoms with Gasteiger partial charge in [0.25, 0.3) is 5.91 Å². The maximum atomic E-state index is 14.5. The van der Waals surface area contributed by atoms with E-state index in [1.165, 1.54) is 0 Å². The number of carboxylic acids is 1. The molecule has 1 atom stereocenters. The van der Waals surface area contributed by atoms with Gasteiger partial charge in [0.2, 0.25) is 0 Å². The quantitative estimate of drug-likeness (QED) is 0.667. The van der Waals surface area contributed by atoms with Crippen molar-refractivity contribution in [3.05, 3.63) is 59.7 Å². The molecule has 4 rings (SSSR count). The van der Waals surface area contributed by atoms with Gasteiger partial charge in [-0.15, -0.1) is 0 Å². The van der Waals surface area contributed by atoms with Crippen LogP contribution in [0.5, 0.6) is 0 Å². The van der Waals surface area contributed by atoms with E-state index in [9.17, 15) is 23.2 Å². The van der Waals surface area contributed by atoms with E-state index in [2.05, 4.69) is 0 Å². The van der Waals surface area contributed by atoms with E-state index in [4.69, 9.17) is 14.6 Å². The molecule has 1 aliphatic heterocycles. The van der Waals surface area contributed by atoms with Gasteiger partial charge in [-0.25, -0.2) is 4.79 Å². The topological polar surface area (TPSA) is 105 Å². The average molecular weight is 474 g/mol. The number of amides is 2. The van der Waals surface area contributed by atoms with E-state index in [0.717, 1.165) is 27.2 Å². The van der Waals surface area contributed by atoms with Gasteiger partial charge in [-0.2, -0.15) is 8.78 Å². The van der Waals surface area contributed by atoms with Gasteiger partial charge in [0, 0.05) is 19.0 Å². The molecule has 1 saturated heterocycles. The number of hydrogen-bond donors (Lipinski definition) is 2. The minimum Gasteiger partial charge on any atom is -0.481 e. The van der Waals surface area contributed by atoms with Crippen molar-refractivity contribution < 1.29 is 37.7 Å². The third-order valence-electron chi connectivity index (χ3n) is 6.01. The van der Waals surface area contributed by atoms with Gasteiger partial charge in [-0.05, 0) is 22.3 Å². The second-order valence-electron chi connectivity index (χ2n) is 8.24. The van der Waals surface area contributed by atoms with Crippen LogP contribution in [0.4, 0.5) is 13.6 Å². The Morgan fingerprint density at radius 1 is 1.09 bits per heavy atom. The molecule has 180 valence electrons. The highest BCUT2D eigenvalue weighted by Gasteiger charge is 2.44. The second kappa shape index (κ2) is 9.76. The third kappa shape index (κ3) is 4.86. The molecular weight excluding hydrogens is 450 g/mol. The fraction of sp³-hybridized carbons (Fsp3) is 0.375. The number of nitrogens with one attached hydrogen (secondary N) is 1. The first-order chi connectivity index (χ1) is 16.3. The molecule has 0 aromatic heterocycles. The van der Waals surface area contributed by atoms with Gasteiger partial charge in [0.1, 0.15) is 6.61 Å². The Bertz CT molecular complexity index is 1050. The molecular formula is C24H24F2N2O6. The van der Waals surface area contributed by atoms with Crippen LogP contribution in [0.15, 0.2) is 48.5 Å². The van der Waals surface area contributed by atoms with Crippen LogP contribution in [0.1, 0.15) is 17.0 Å². The number of benzene rings is 2. The van der Waals surface area contributed by atoms with Crippen LogP contribution in [0, 0.1) is 5.92 Å². The number of carbonyl (C=O) groups is 3. The summed E-state index contributed by atoms with van der Waals surface area (Å²) in [7, 11) is 0. The maximum absolute atomic E-state index is 14.5. The fourth-order valence-corrected chi connectivity index (χ4v) is 4.28. The Morgan fingerprint density at radius 2 is 1.71 bits per heavy atom. The predicted octanol–water partition coefficient (Wildman–Crippen LogP) is 2.72. The summed E-state index contributed by atoms with van der Waals surface area (Å²) in [5.41, 5.74) is 4.03. The van der Waals surface area contributed by atoms with Crippen LogP contribution >= 0.6 is 0 Å². The van der Waals surface area contributed by atoms with E-state index >= 15 is 0 Å². The third-order valence-corrected chi connectivity index (χ3v) is 6.01. The van der Waals surface area contributed by atoms with Crippen LogP contribution in [-0.4, -0.2) is 73.4 Å². The number of nitrogens with zero attached hydrogens (tertiary/aromatic N) is 1. The number of carboxylic acid groups (broad SMARTS) is 1. The first-order valence-electron chi connectivity index (χ1n) is 10.8. The van der Waals surface area contributed by atoms with E-state index < -0.39 is 42.9 Å². The molecule has 2 aliphatic rings. The molecule has 8 nitrogen and oxygen atoms in total. The Hall–Kier alpha value is -3.53. The van der Waals surface area contributed by atoms with E-state index in [1.807, 2.05) is 53.8 Å². The molecule has 1 aliphatic carbocycles. The van der Waals surface area contributed by atoms with Crippen molar-refractivity contribution in [1.29, 1.82) is 0 Å². The lowest BCUT2D eigenvalue weighted by atomic mass is 9.98. The lowest BCUT2D eigenvalue weighted by molar-refractivity contribution is -0.158. The maximum Gasteiger partial charge on any atom is 0.407 e. The van der Waals surface area contributed by atoms with Crippen molar-refractivity contribution in [2.75, 3.05) is 39.5 Å². The van der Waals surface area contributed by atoms with Crippen molar-refractivity contribution in [2.24, 2.45) is 5.92 Å². The summed E-state index contributed by atoms with van der Waals surface area (Å²) in [6, 6.07) is 15.4. The molecule has 1 heterocycles. The van der Waals surface area contributed by atoms with Crippen LogP contribution in [0.3, 0.4) is 0 Å². The molecule has 0 spiro atoms. The van der Waals surface area contributed by atoms with Gasteiger partial charge in [-0.3, -0.25) is 9.59 Å². The molecule has 1 unspecified atom stereocenters. The van der Waals surface area contributed by atoms with Crippen molar-refractivity contribution >= 4 is 18.0 Å². The summed E-state index contributed by atoms with van der Waals surface area (Å²) >= 11 is 0. The molecule has 2 amide bonds. The smallest absolute Gasteiger partial charge is 0.407 e. The largest absolute Gasteiger partial charge is 0.481 e. The van der Waals surface area contributed by atoms with Crippen molar-refractivity contribution in [3.63, 3.8) is 0 Å². The van der Waals surface area contributed by atoms with Crippen molar-refractivity contribution in [2.45, 2.75) is 11.8 Å². The average Bonchev–Trinajstić information content (AvgIpc) is 2.97. The molecule has 0 radical (unpaired) electrons. The summed E-state index contributed by atoms with van der Waals surface area (Å²) < 4.78 is 39.3. The Morgan fingerprint density at radius 3 is 2.32 bits per heavy atom. The monoisotopic (exact) mass is 474 g/mol. The Kier molecular flexibility index (Phi) is 6.78. The van der Waals surface area contributed by atoms with Crippen molar-refractivity contribution in [3.8, 4) is 11.1 Å². The highest BCUT2D eigenvalue weighted by Crippen LogP contribution is 2.44. The molecule has 10 heteroatoms. The van der Waals surface area contributed by atoms with E-state index in [-0.39, 0.29) is 32.3 Å². The molecule has 0 bridgehead atoms. The van der Waals surface area contributed by atoms with Crippen molar-refractivity contribution in [1.82, 2.24) is 10.2 Å². The molecule has 1 fully saturated rings. The van der Waals surface area contributed by atoms with E-state index in [1.54, 1.807) is 0 Å². The zero-order valence-electron chi connectivity index (χ0n) is 18.2. The molecule has 2 N–H and O–H groups in total. The Balaban J connectivity index is 1.34. The summed E-state index contributed by atoms with van der Waals surface area (Å²) in [6.07, 6.45) is -1.07. The van der Waals surface area contributed by atoms with Gasteiger partial charge in [0.05, 0.1) is 25.7 Å². The zero-order valence-corrected chi connectivity index (χ0v) is 18.2. The highest BCUT2D eigenvalue weighted by molar-refractivity contribution is 5.85. The van der Waals surface area contributed by atoms with Crippen LogP contribution in [-0.2, 0) is 19.1 Å². The first kappa shape index (κ1) is 23.6. The highest BCUT2D eigenvalue weighted by atomic mass is 19.3. The second-order valence-corrected chi connectivity index (χ2v) is 8.24. The predicted molar refractivity (Wildman–Crippen MR) is 117 cm³/mol. The molecule has 2 aromatic rings. The number of hydrogen-bond acceptors (Lipinski definition) is 5. The summed E-state index contributed by atoms with van der Waals surface area (Å²) in [5, 5.41) is 11.1. The summed E-state index contributed by atoms with van der Waals surface area (Å²) in [6.45, 7) is -2.09. The number of carbonyl (C=O) groups excluding carboxylic acids is 2. The number of fused-ring (bicyclic) bond motifs is 3. The minimum atomic E-state index is -3.93. The van der Waals surface area contributed by atoms with Crippen LogP contribution in [0.25, 0.3) is 11.1 Å². The number of aliphatic carboxylic acids is 1. The number of halogens is 2. The lowest BCUT2D eigenvalue weighted by Crippen LogP contribution is -2.51. The van der Waals surface area contributed by atoms with Gasteiger partial charge in [-0.1, -0.05) is 48.5 Å².